The van der Waals surface area contributed by atoms with E-state index in [1.165, 1.54) is 22.6 Å². The molecular weight excluding hydrogens is 416 g/mol. The fourth-order valence-electron chi connectivity index (χ4n) is 3.72. The minimum absolute atomic E-state index is 0.215. The number of carbonyl (C=O) groups excluding carboxylic acids is 1. The highest BCUT2D eigenvalue weighted by atomic mass is 35.5. The Labute approximate surface area is 188 Å². The number of hydrogen-bond acceptors (Lipinski definition) is 5. The molecule has 0 saturated heterocycles. The summed E-state index contributed by atoms with van der Waals surface area (Å²) in [6, 6.07) is 14.6. The van der Waals surface area contributed by atoms with Crippen LogP contribution in [0.3, 0.4) is 0 Å². The fourth-order valence-corrected chi connectivity index (χ4v) is 4.69. The summed E-state index contributed by atoms with van der Waals surface area (Å²) in [6.45, 7) is 9.04. The van der Waals surface area contributed by atoms with E-state index in [-0.39, 0.29) is 5.97 Å². The minimum atomic E-state index is -0.215. The second-order valence-electron chi connectivity index (χ2n) is 7.46. The summed E-state index contributed by atoms with van der Waals surface area (Å²) >= 11 is 7.58. The Morgan fingerprint density at radius 3 is 2.60 bits per heavy atom. The third-order valence-corrected chi connectivity index (χ3v) is 6.59. The van der Waals surface area contributed by atoms with Gasteiger partial charge in [-0.05, 0) is 67.1 Å². The van der Waals surface area contributed by atoms with E-state index in [0.29, 0.717) is 12.5 Å². The van der Waals surface area contributed by atoms with E-state index in [1.807, 2.05) is 24.3 Å². The molecule has 4 nitrogen and oxygen atoms in total. The molecule has 3 aromatic rings. The lowest BCUT2D eigenvalue weighted by atomic mass is 9.92. The van der Waals surface area contributed by atoms with Gasteiger partial charge < -0.3 is 9.64 Å². The van der Waals surface area contributed by atoms with E-state index in [9.17, 15) is 4.79 Å². The van der Waals surface area contributed by atoms with Gasteiger partial charge in [-0.2, -0.15) is 4.37 Å². The molecule has 0 amide bonds. The van der Waals surface area contributed by atoms with E-state index in [4.69, 9.17) is 20.7 Å². The highest BCUT2D eigenvalue weighted by Crippen LogP contribution is 2.34. The molecule has 1 aromatic heterocycles. The molecule has 2 aromatic carbocycles. The summed E-state index contributed by atoms with van der Waals surface area (Å²) in [5, 5.41) is 1.93. The topological polar surface area (TPSA) is 42.4 Å². The third-order valence-electron chi connectivity index (χ3n) is 5.53. The summed E-state index contributed by atoms with van der Waals surface area (Å²) in [7, 11) is 0. The minimum Gasteiger partial charge on any atom is -0.465 e. The van der Waals surface area contributed by atoms with Crippen molar-refractivity contribution in [1.29, 1.82) is 0 Å². The van der Waals surface area contributed by atoms with Crippen molar-refractivity contribution in [3.05, 3.63) is 53.1 Å². The van der Waals surface area contributed by atoms with E-state index in [0.717, 1.165) is 48.8 Å². The lowest BCUT2D eigenvalue weighted by Crippen LogP contribution is -2.29. The molecule has 160 valence electrons. The van der Waals surface area contributed by atoms with Crippen LogP contribution < -0.4 is 0 Å². The maximum atomic E-state index is 11.0. The van der Waals surface area contributed by atoms with E-state index in [2.05, 4.69) is 36.9 Å². The number of ether oxygens (including phenoxy) is 1. The summed E-state index contributed by atoms with van der Waals surface area (Å²) in [5.74, 6) is 0.284. The number of fused-ring (bicyclic) bond motifs is 1. The summed E-state index contributed by atoms with van der Waals surface area (Å²) < 4.78 is 11.0. The molecule has 0 aliphatic rings. The zero-order valence-electron chi connectivity index (χ0n) is 17.9. The number of aromatic nitrogens is 1. The van der Waals surface area contributed by atoms with Gasteiger partial charge in [0.2, 0.25) is 0 Å². The van der Waals surface area contributed by atoms with Crippen LogP contribution in [-0.2, 0) is 9.53 Å². The van der Waals surface area contributed by atoms with E-state index in [1.54, 1.807) is 11.5 Å². The Morgan fingerprint density at radius 1 is 1.17 bits per heavy atom. The summed E-state index contributed by atoms with van der Waals surface area (Å²) in [5.41, 5.74) is 3.48. The quantitative estimate of drug-likeness (QED) is 0.340. The van der Waals surface area contributed by atoms with Crippen LogP contribution in [0, 0.1) is 0 Å². The van der Waals surface area contributed by atoms with Gasteiger partial charge >= 0.3 is 5.97 Å². The van der Waals surface area contributed by atoms with Crippen molar-refractivity contribution in [1.82, 2.24) is 9.27 Å². The maximum Gasteiger partial charge on any atom is 0.302 e. The number of benzene rings is 2. The van der Waals surface area contributed by atoms with Crippen molar-refractivity contribution in [2.24, 2.45) is 0 Å². The van der Waals surface area contributed by atoms with Crippen LogP contribution in [0.5, 0.6) is 0 Å². The van der Waals surface area contributed by atoms with Crippen LogP contribution in [-0.4, -0.2) is 41.5 Å². The zero-order valence-corrected chi connectivity index (χ0v) is 19.4. The third kappa shape index (κ3) is 5.81. The van der Waals surface area contributed by atoms with Crippen molar-refractivity contribution in [2.75, 3.05) is 26.2 Å². The van der Waals surface area contributed by atoms with Gasteiger partial charge in [-0.3, -0.25) is 4.79 Å². The number of likely N-dealkylation sites (N-methyl/N-ethyl adjacent to an activating group) is 1. The lowest BCUT2D eigenvalue weighted by Gasteiger charge is -2.23. The second kappa shape index (κ2) is 10.9. The first kappa shape index (κ1) is 22.7. The number of carbonyl (C=O) groups is 1. The van der Waals surface area contributed by atoms with Crippen LogP contribution in [0.4, 0.5) is 0 Å². The Bertz CT molecular complexity index is 971. The van der Waals surface area contributed by atoms with Gasteiger partial charge in [0.25, 0.3) is 0 Å². The molecule has 0 aliphatic carbocycles. The predicted molar refractivity (Wildman–Crippen MR) is 126 cm³/mol. The summed E-state index contributed by atoms with van der Waals surface area (Å²) in [4.78, 5) is 13.3. The standard InChI is InChI=1S/C24H29ClN2O2S/c1-4-18(12-13-27(5-2)14-15-29-17(3)28)20-8-11-22-23(16-20)30-26-24(22)19-6-9-21(25)10-7-19/h6-11,16,18H,4-5,12-15H2,1-3H3. The predicted octanol–water partition coefficient (Wildman–Crippen LogP) is 6.39. The molecule has 0 bridgehead atoms. The Hall–Kier alpha value is -1.95. The number of nitrogens with zero attached hydrogens (tertiary/aromatic N) is 2. The number of rotatable bonds is 10. The highest BCUT2D eigenvalue weighted by molar-refractivity contribution is 7.13. The second-order valence-corrected chi connectivity index (χ2v) is 8.70. The van der Waals surface area contributed by atoms with Gasteiger partial charge in [0.1, 0.15) is 6.61 Å². The van der Waals surface area contributed by atoms with E-state index >= 15 is 0 Å². The van der Waals surface area contributed by atoms with Gasteiger partial charge in [0.15, 0.2) is 0 Å². The van der Waals surface area contributed by atoms with Gasteiger partial charge in [-0.25, -0.2) is 0 Å². The van der Waals surface area contributed by atoms with Gasteiger partial charge in [-0.1, -0.05) is 49.7 Å². The first-order valence-corrected chi connectivity index (χ1v) is 11.7. The molecule has 6 heteroatoms. The molecule has 0 fully saturated rings. The van der Waals surface area contributed by atoms with Crippen molar-refractivity contribution < 1.29 is 9.53 Å². The average Bonchev–Trinajstić information content (AvgIpc) is 3.16. The average molecular weight is 445 g/mol. The Balaban J connectivity index is 1.69. The molecule has 1 heterocycles. The molecule has 0 spiro atoms. The Kier molecular flexibility index (Phi) is 8.25. The summed E-state index contributed by atoms with van der Waals surface area (Å²) in [6.07, 6.45) is 2.18. The van der Waals surface area contributed by atoms with Crippen LogP contribution >= 0.6 is 23.1 Å². The molecule has 1 atom stereocenters. The monoisotopic (exact) mass is 444 g/mol. The molecule has 0 aliphatic heterocycles. The van der Waals surface area contributed by atoms with Crippen molar-refractivity contribution >= 4 is 39.2 Å². The van der Waals surface area contributed by atoms with Crippen LogP contribution in [0.15, 0.2) is 42.5 Å². The number of esters is 1. The zero-order chi connectivity index (χ0) is 21.5. The van der Waals surface area contributed by atoms with Crippen molar-refractivity contribution in [3.8, 4) is 11.3 Å². The molecule has 0 saturated carbocycles. The molecule has 0 N–H and O–H groups in total. The highest BCUT2D eigenvalue weighted by Gasteiger charge is 2.15. The molecular formula is C24H29ClN2O2S. The van der Waals surface area contributed by atoms with Crippen LogP contribution in [0.1, 0.15) is 45.1 Å². The SMILES string of the molecule is CCC(CCN(CC)CCOC(C)=O)c1ccc2c(-c3ccc(Cl)cc3)nsc2c1. The molecule has 1 unspecified atom stereocenters. The fraction of sp³-hybridized carbons (Fsp3) is 0.417. The molecule has 0 radical (unpaired) electrons. The lowest BCUT2D eigenvalue weighted by molar-refractivity contribution is -0.141. The number of hydrogen-bond donors (Lipinski definition) is 0. The first-order valence-electron chi connectivity index (χ1n) is 10.5. The van der Waals surface area contributed by atoms with E-state index < -0.39 is 0 Å². The van der Waals surface area contributed by atoms with Gasteiger partial charge in [-0.15, -0.1) is 0 Å². The maximum absolute atomic E-state index is 11.0. The largest absolute Gasteiger partial charge is 0.465 e. The van der Waals surface area contributed by atoms with Crippen molar-refractivity contribution in [2.45, 2.75) is 39.5 Å². The van der Waals surface area contributed by atoms with Gasteiger partial charge in [0.05, 0.1) is 10.4 Å². The van der Waals surface area contributed by atoms with Gasteiger partial charge in [0, 0.05) is 29.4 Å². The molecule has 3 rings (SSSR count). The smallest absolute Gasteiger partial charge is 0.302 e. The van der Waals surface area contributed by atoms with Crippen molar-refractivity contribution in [3.63, 3.8) is 0 Å². The normalized spacial score (nSPS) is 12.4. The molecule has 30 heavy (non-hydrogen) atoms. The Morgan fingerprint density at radius 2 is 1.93 bits per heavy atom. The van der Waals surface area contributed by atoms with Crippen LogP contribution in [0.2, 0.25) is 5.02 Å². The van der Waals surface area contributed by atoms with Crippen LogP contribution in [0.25, 0.3) is 21.3 Å². The number of halogens is 1. The first-order chi connectivity index (χ1) is 14.5.